The fourth-order valence-corrected chi connectivity index (χ4v) is 3.96. The molecule has 9 heteroatoms. The molecule has 0 saturated carbocycles. The van der Waals surface area contributed by atoms with Gasteiger partial charge in [0.2, 0.25) is 6.41 Å². The average molecular weight is 458 g/mol. The fourth-order valence-electron chi connectivity index (χ4n) is 3.31. The molecule has 4 aromatic rings. The Hall–Kier alpha value is -4.42. The number of carbonyl (C=O) groups is 2. The minimum absolute atomic E-state index is 0.149. The molecule has 0 radical (unpaired) electrons. The van der Waals surface area contributed by atoms with Gasteiger partial charge >= 0.3 is 0 Å². The largest absolute Gasteiger partial charge is 0.497 e. The molecular formula is C24H19N5O3S. The number of carbonyl (C=O) groups excluding carboxylic acids is 2. The van der Waals surface area contributed by atoms with Crippen LogP contribution in [0.15, 0.2) is 60.0 Å². The molecule has 0 aliphatic carbocycles. The van der Waals surface area contributed by atoms with Crippen molar-refractivity contribution >= 4 is 51.7 Å². The first kappa shape index (κ1) is 21.8. The van der Waals surface area contributed by atoms with Gasteiger partial charge in [-0.25, -0.2) is 4.98 Å². The van der Waals surface area contributed by atoms with E-state index in [4.69, 9.17) is 4.74 Å². The van der Waals surface area contributed by atoms with Crippen LogP contribution in [0.25, 0.3) is 10.9 Å². The number of hydrogen-bond acceptors (Lipinski definition) is 7. The molecule has 33 heavy (non-hydrogen) atoms. The summed E-state index contributed by atoms with van der Waals surface area (Å²) < 4.78 is 5.13. The lowest BCUT2D eigenvalue weighted by molar-refractivity contribution is -0.105. The van der Waals surface area contributed by atoms with Crippen LogP contribution in [0.5, 0.6) is 5.75 Å². The third-order valence-electron chi connectivity index (χ3n) is 4.93. The second-order valence-corrected chi connectivity index (χ2v) is 7.96. The van der Waals surface area contributed by atoms with Crippen LogP contribution in [0.3, 0.4) is 0 Å². The van der Waals surface area contributed by atoms with Crippen molar-refractivity contribution in [3.05, 3.63) is 76.0 Å². The lowest BCUT2D eigenvalue weighted by Crippen LogP contribution is -2.15. The number of amides is 2. The summed E-state index contributed by atoms with van der Waals surface area (Å²) in [6, 6.07) is 17.9. The van der Waals surface area contributed by atoms with Crippen molar-refractivity contribution in [2.75, 3.05) is 23.1 Å². The van der Waals surface area contributed by atoms with Gasteiger partial charge in [-0.1, -0.05) is 6.07 Å². The predicted octanol–water partition coefficient (Wildman–Crippen LogP) is 4.61. The topological polar surface area (TPSA) is 116 Å². The molecule has 0 aliphatic rings. The van der Waals surface area contributed by atoms with E-state index in [0.29, 0.717) is 46.5 Å². The van der Waals surface area contributed by atoms with Gasteiger partial charge in [0.25, 0.3) is 5.91 Å². The maximum absolute atomic E-state index is 12.8. The van der Waals surface area contributed by atoms with Crippen LogP contribution in [0.2, 0.25) is 0 Å². The number of hydrogen-bond donors (Lipinski definition) is 3. The summed E-state index contributed by atoms with van der Waals surface area (Å²) in [6.45, 7) is 0.489. The molecule has 0 saturated heterocycles. The summed E-state index contributed by atoms with van der Waals surface area (Å²) >= 11 is 1.59. The molecule has 164 valence electrons. The Balaban J connectivity index is 1.76. The average Bonchev–Trinajstić information content (AvgIpc) is 3.36. The molecular weight excluding hydrogens is 438 g/mol. The number of thiophene rings is 1. The van der Waals surface area contributed by atoms with Gasteiger partial charge in [0.1, 0.15) is 17.4 Å². The Morgan fingerprint density at radius 2 is 2.03 bits per heavy atom. The quantitative estimate of drug-likeness (QED) is 0.333. The third kappa shape index (κ3) is 4.76. The molecule has 0 atom stereocenters. The Bertz CT molecular complexity index is 1350. The van der Waals surface area contributed by atoms with Crippen LogP contribution < -0.4 is 20.7 Å². The highest BCUT2D eigenvalue weighted by Crippen LogP contribution is 2.33. The Labute approximate surface area is 193 Å². The minimum Gasteiger partial charge on any atom is -0.497 e. The monoisotopic (exact) mass is 457 g/mol. The lowest BCUT2D eigenvalue weighted by atomic mass is 10.1. The van der Waals surface area contributed by atoms with E-state index < -0.39 is 5.91 Å². The van der Waals surface area contributed by atoms with Gasteiger partial charge in [-0.2, -0.15) is 5.26 Å². The number of aromatic nitrogens is 1. The molecule has 2 aromatic carbocycles. The van der Waals surface area contributed by atoms with Crippen LogP contribution in [0.1, 0.15) is 20.8 Å². The van der Waals surface area contributed by atoms with Gasteiger partial charge in [-0.3, -0.25) is 9.59 Å². The zero-order chi connectivity index (χ0) is 23.2. The van der Waals surface area contributed by atoms with Gasteiger partial charge in [0.15, 0.2) is 5.82 Å². The number of ether oxygens (including phenoxy) is 1. The van der Waals surface area contributed by atoms with Gasteiger partial charge in [-0.05, 0) is 53.9 Å². The van der Waals surface area contributed by atoms with Crippen LogP contribution in [0.4, 0.5) is 17.2 Å². The second kappa shape index (κ2) is 9.80. The summed E-state index contributed by atoms with van der Waals surface area (Å²) in [6.07, 6.45) is 0.585. The van der Waals surface area contributed by atoms with E-state index >= 15 is 0 Å². The lowest BCUT2D eigenvalue weighted by Gasteiger charge is -2.16. The van der Waals surface area contributed by atoms with Crippen molar-refractivity contribution in [3.63, 3.8) is 0 Å². The number of nitriles is 1. The molecule has 3 N–H and O–H groups in total. The van der Waals surface area contributed by atoms with Crippen LogP contribution in [-0.4, -0.2) is 24.4 Å². The van der Waals surface area contributed by atoms with E-state index in [-0.39, 0.29) is 11.4 Å². The zero-order valence-electron chi connectivity index (χ0n) is 17.6. The first-order chi connectivity index (χ1) is 16.1. The highest BCUT2D eigenvalue weighted by Gasteiger charge is 2.18. The summed E-state index contributed by atoms with van der Waals surface area (Å²) in [5.74, 6) is 0.382. The van der Waals surface area contributed by atoms with Crippen LogP contribution in [-0.2, 0) is 11.3 Å². The Morgan fingerprint density at radius 3 is 2.70 bits per heavy atom. The molecule has 2 amide bonds. The highest BCUT2D eigenvalue weighted by molar-refractivity contribution is 7.09. The maximum Gasteiger partial charge on any atom is 0.256 e. The van der Waals surface area contributed by atoms with Gasteiger partial charge in [-0.15, -0.1) is 11.3 Å². The Kier molecular flexibility index (Phi) is 6.48. The normalized spacial score (nSPS) is 10.3. The summed E-state index contributed by atoms with van der Waals surface area (Å²) in [5.41, 5.74) is 2.25. The fraction of sp³-hybridized carbons (Fsp3) is 0.0833. The highest BCUT2D eigenvalue weighted by atomic mass is 32.1. The van der Waals surface area contributed by atoms with E-state index in [1.165, 1.54) is 0 Å². The smallest absolute Gasteiger partial charge is 0.256 e. The number of methoxy groups -OCH3 is 1. The van der Waals surface area contributed by atoms with E-state index in [1.807, 2.05) is 17.5 Å². The SMILES string of the molecule is COc1ccc(C(=O)Nc2nc3ccc(NC=O)cc3c(NCc3cccs3)c2C#N)cc1. The summed E-state index contributed by atoms with van der Waals surface area (Å²) in [5, 5.41) is 21.3. The van der Waals surface area contributed by atoms with Crippen molar-refractivity contribution in [2.45, 2.75) is 6.54 Å². The minimum atomic E-state index is -0.399. The molecule has 0 spiro atoms. The zero-order valence-corrected chi connectivity index (χ0v) is 18.4. The summed E-state index contributed by atoms with van der Waals surface area (Å²) in [4.78, 5) is 29.3. The number of anilines is 3. The number of nitrogens with zero attached hydrogens (tertiary/aromatic N) is 2. The molecule has 2 aromatic heterocycles. The maximum atomic E-state index is 12.8. The molecule has 0 aliphatic heterocycles. The molecule has 8 nitrogen and oxygen atoms in total. The standard InChI is InChI=1S/C24H19N5O3S/c1-32-17-7-4-15(5-8-17)24(31)29-23-20(12-25)22(26-13-18-3-2-10-33-18)19-11-16(27-14-30)6-9-21(19)28-23/h2-11,14H,13H2,1H3,(H,27,30)(H2,26,28,29,31). The Morgan fingerprint density at radius 1 is 1.21 bits per heavy atom. The van der Waals surface area contributed by atoms with Gasteiger partial charge < -0.3 is 20.7 Å². The third-order valence-corrected chi connectivity index (χ3v) is 5.80. The van der Waals surface area contributed by atoms with E-state index in [0.717, 1.165) is 4.88 Å². The number of rotatable bonds is 8. The van der Waals surface area contributed by atoms with Gasteiger partial charge in [0, 0.05) is 28.1 Å². The van der Waals surface area contributed by atoms with Crippen LogP contribution >= 0.6 is 11.3 Å². The predicted molar refractivity (Wildman–Crippen MR) is 129 cm³/mol. The molecule has 2 heterocycles. The number of benzene rings is 2. The van der Waals surface area contributed by atoms with E-state index in [2.05, 4.69) is 27.0 Å². The first-order valence-corrected chi connectivity index (χ1v) is 10.8. The molecule has 4 rings (SSSR count). The number of nitrogens with one attached hydrogen (secondary N) is 3. The van der Waals surface area contributed by atoms with Crippen molar-refractivity contribution in [2.24, 2.45) is 0 Å². The van der Waals surface area contributed by atoms with Crippen LogP contribution in [0, 0.1) is 11.3 Å². The molecule has 0 fully saturated rings. The first-order valence-electron chi connectivity index (χ1n) is 9.92. The van der Waals surface area contributed by atoms with Crippen molar-refractivity contribution in [1.29, 1.82) is 5.26 Å². The number of fused-ring (bicyclic) bond motifs is 1. The number of pyridine rings is 1. The second-order valence-electron chi connectivity index (χ2n) is 6.93. The van der Waals surface area contributed by atoms with Gasteiger partial charge in [0.05, 0.1) is 18.3 Å². The van der Waals surface area contributed by atoms with Crippen molar-refractivity contribution < 1.29 is 14.3 Å². The van der Waals surface area contributed by atoms with E-state index in [9.17, 15) is 14.9 Å². The summed E-state index contributed by atoms with van der Waals surface area (Å²) in [7, 11) is 1.55. The van der Waals surface area contributed by atoms with E-state index in [1.54, 1.807) is 60.9 Å². The molecule has 0 unspecified atom stereocenters. The van der Waals surface area contributed by atoms with Crippen molar-refractivity contribution in [3.8, 4) is 11.8 Å². The molecule has 0 bridgehead atoms. The van der Waals surface area contributed by atoms with Crippen molar-refractivity contribution in [1.82, 2.24) is 4.98 Å².